The number of hydrogen-bond acceptors (Lipinski definition) is 5. The van der Waals surface area contributed by atoms with Gasteiger partial charge in [-0.05, 0) is 43.2 Å². The summed E-state index contributed by atoms with van der Waals surface area (Å²) in [6, 6.07) is 14.3. The largest absolute Gasteiger partial charge is 0.484 e. The highest BCUT2D eigenvalue weighted by molar-refractivity contribution is 7.89. The predicted molar refractivity (Wildman–Crippen MR) is 109 cm³/mol. The van der Waals surface area contributed by atoms with Gasteiger partial charge >= 0.3 is 0 Å². The van der Waals surface area contributed by atoms with Crippen LogP contribution in [0.25, 0.3) is 0 Å². The Balaban J connectivity index is 1.44. The van der Waals surface area contributed by atoms with Crippen LogP contribution in [-0.4, -0.2) is 58.1 Å². The van der Waals surface area contributed by atoms with E-state index in [9.17, 15) is 13.2 Å². The van der Waals surface area contributed by atoms with Crippen molar-refractivity contribution in [3.8, 4) is 5.75 Å². The van der Waals surface area contributed by atoms with Gasteiger partial charge in [0.2, 0.25) is 10.0 Å². The van der Waals surface area contributed by atoms with E-state index >= 15 is 0 Å². The number of carbonyl (C=O) groups excluding carboxylic acids is 1. The molecule has 0 unspecified atom stereocenters. The molecule has 8 heteroatoms. The van der Waals surface area contributed by atoms with Gasteiger partial charge in [0.1, 0.15) is 5.75 Å². The number of benzene rings is 2. The van der Waals surface area contributed by atoms with Crippen molar-refractivity contribution in [1.82, 2.24) is 9.62 Å². The maximum atomic E-state index is 12.6. The van der Waals surface area contributed by atoms with Crippen molar-refractivity contribution in [2.45, 2.75) is 18.2 Å². The second kappa shape index (κ2) is 9.87. The van der Waals surface area contributed by atoms with Crippen molar-refractivity contribution in [3.63, 3.8) is 0 Å². The monoisotopic (exact) mass is 418 g/mol. The smallest absolute Gasteiger partial charge is 0.257 e. The predicted octanol–water partition coefficient (Wildman–Crippen LogP) is 1.75. The minimum atomic E-state index is -3.48. The summed E-state index contributed by atoms with van der Waals surface area (Å²) in [6.07, 6.45) is 0.605. The Bertz CT molecular complexity index is 905. The third-order valence-electron chi connectivity index (χ3n) is 4.66. The van der Waals surface area contributed by atoms with Crippen LogP contribution in [0.3, 0.4) is 0 Å². The third kappa shape index (κ3) is 6.03. The van der Waals surface area contributed by atoms with Crippen molar-refractivity contribution >= 4 is 15.9 Å². The molecule has 1 aliphatic heterocycles. The van der Waals surface area contributed by atoms with Crippen LogP contribution in [0, 0.1) is 6.92 Å². The number of hydrogen-bond donors (Lipinski definition) is 1. The molecule has 7 nitrogen and oxygen atoms in total. The average molecular weight is 419 g/mol. The van der Waals surface area contributed by atoms with Gasteiger partial charge in [-0.3, -0.25) is 4.79 Å². The minimum Gasteiger partial charge on any atom is -0.484 e. The van der Waals surface area contributed by atoms with E-state index in [1.807, 2.05) is 31.2 Å². The van der Waals surface area contributed by atoms with E-state index < -0.39 is 10.0 Å². The maximum Gasteiger partial charge on any atom is 0.257 e. The Morgan fingerprint density at radius 1 is 1.07 bits per heavy atom. The van der Waals surface area contributed by atoms with Gasteiger partial charge in [-0.2, -0.15) is 4.31 Å². The van der Waals surface area contributed by atoms with Gasteiger partial charge in [-0.25, -0.2) is 8.42 Å². The highest BCUT2D eigenvalue weighted by Gasteiger charge is 2.25. The lowest BCUT2D eigenvalue weighted by molar-refractivity contribution is -0.123. The summed E-state index contributed by atoms with van der Waals surface area (Å²) in [5.41, 5.74) is 2.08. The molecular formula is C21H26N2O5S. The summed E-state index contributed by atoms with van der Waals surface area (Å²) in [6.45, 7) is 3.99. The summed E-state index contributed by atoms with van der Waals surface area (Å²) >= 11 is 0. The molecule has 1 heterocycles. The molecule has 1 saturated heterocycles. The fourth-order valence-electron chi connectivity index (χ4n) is 2.94. The Hall–Kier alpha value is -2.42. The first-order chi connectivity index (χ1) is 13.9. The van der Waals surface area contributed by atoms with Crippen LogP contribution in [0.1, 0.15) is 11.1 Å². The lowest BCUT2D eigenvalue weighted by Gasteiger charge is -2.26. The molecule has 3 rings (SSSR count). The summed E-state index contributed by atoms with van der Waals surface area (Å²) in [5, 5.41) is 2.81. The van der Waals surface area contributed by atoms with Crippen LogP contribution >= 0.6 is 0 Å². The van der Waals surface area contributed by atoms with E-state index in [-0.39, 0.29) is 17.4 Å². The zero-order chi connectivity index (χ0) is 20.7. The van der Waals surface area contributed by atoms with E-state index in [1.165, 1.54) is 4.31 Å². The number of morpholine rings is 1. The second-order valence-corrected chi connectivity index (χ2v) is 8.80. The van der Waals surface area contributed by atoms with Gasteiger partial charge in [0.05, 0.1) is 18.1 Å². The molecule has 1 fully saturated rings. The van der Waals surface area contributed by atoms with Crippen molar-refractivity contribution in [1.29, 1.82) is 0 Å². The molecule has 2 aromatic rings. The normalized spacial score (nSPS) is 15.1. The third-order valence-corrected chi connectivity index (χ3v) is 6.57. The van der Waals surface area contributed by atoms with Crippen LogP contribution in [-0.2, 0) is 26.0 Å². The standard InChI is InChI=1S/C21H26N2O5S/c1-17-2-6-19(7-3-17)28-16-21(24)22-11-10-18-4-8-20(9-5-18)29(25,26)23-12-14-27-15-13-23/h2-9H,10-16H2,1H3,(H,22,24). The molecule has 0 bridgehead atoms. The first-order valence-electron chi connectivity index (χ1n) is 9.58. The average Bonchev–Trinajstić information content (AvgIpc) is 2.74. The topological polar surface area (TPSA) is 84.9 Å². The number of aryl methyl sites for hydroxylation is 1. The molecular weight excluding hydrogens is 392 g/mol. The highest BCUT2D eigenvalue weighted by Crippen LogP contribution is 2.18. The number of amides is 1. The Labute approximate surface area is 171 Å². The Kier molecular flexibility index (Phi) is 7.24. The molecule has 0 spiro atoms. The van der Waals surface area contributed by atoms with Gasteiger partial charge in [-0.1, -0.05) is 29.8 Å². The fraction of sp³-hybridized carbons (Fsp3) is 0.381. The molecule has 0 aromatic heterocycles. The molecule has 0 radical (unpaired) electrons. The lowest BCUT2D eigenvalue weighted by Crippen LogP contribution is -2.40. The van der Waals surface area contributed by atoms with Gasteiger partial charge in [0.15, 0.2) is 6.61 Å². The quantitative estimate of drug-likeness (QED) is 0.706. The second-order valence-electron chi connectivity index (χ2n) is 6.86. The summed E-state index contributed by atoms with van der Waals surface area (Å²) in [5.74, 6) is 0.458. The molecule has 156 valence electrons. The zero-order valence-corrected chi connectivity index (χ0v) is 17.3. The van der Waals surface area contributed by atoms with Crippen molar-refractivity contribution < 1.29 is 22.7 Å². The van der Waals surface area contributed by atoms with Crippen molar-refractivity contribution in [2.24, 2.45) is 0 Å². The SMILES string of the molecule is Cc1ccc(OCC(=O)NCCc2ccc(S(=O)(=O)N3CCOCC3)cc2)cc1. The highest BCUT2D eigenvalue weighted by atomic mass is 32.2. The summed E-state index contributed by atoms with van der Waals surface area (Å²) < 4.78 is 37.3. The van der Waals surface area contributed by atoms with E-state index in [4.69, 9.17) is 9.47 Å². The van der Waals surface area contributed by atoms with Crippen LogP contribution < -0.4 is 10.1 Å². The molecule has 2 aromatic carbocycles. The summed E-state index contributed by atoms with van der Waals surface area (Å²) in [7, 11) is -3.48. The van der Waals surface area contributed by atoms with E-state index in [0.717, 1.165) is 11.1 Å². The summed E-state index contributed by atoms with van der Waals surface area (Å²) in [4.78, 5) is 12.2. The van der Waals surface area contributed by atoms with Crippen molar-refractivity contribution in [3.05, 3.63) is 59.7 Å². The van der Waals surface area contributed by atoms with E-state index in [0.29, 0.717) is 45.0 Å². The lowest BCUT2D eigenvalue weighted by atomic mass is 10.1. The molecule has 0 saturated carbocycles. The zero-order valence-electron chi connectivity index (χ0n) is 16.5. The minimum absolute atomic E-state index is 0.0419. The van der Waals surface area contributed by atoms with Crippen LogP contribution in [0.15, 0.2) is 53.4 Å². The first kappa shape index (κ1) is 21.3. The van der Waals surface area contributed by atoms with Gasteiger partial charge in [-0.15, -0.1) is 0 Å². The molecule has 1 N–H and O–H groups in total. The molecule has 29 heavy (non-hydrogen) atoms. The molecule has 1 amide bonds. The number of sulfonamides is 1. The number of ether oxygens (including phenoxy) is 2. The van der Waals surface area contributed by atoms with Gasteiger partial charge in [0.25, 0.3) is 5.91 Å². The Morgan fingerprint density at radius 3 is 2.38 bits per heavy atom. The molecule has 0 aliphatic carbocycles. The van der Waals surface area contributed by atoms with Crippen LogP contribution in [0.5, 0.6) is 5.75 Å². The van der Waals surface area contributed by atoms with E-state index in [1.54, 1.807) is 24.3 Å². The fourth-order valence-corrected chi connectivity index (χ4v) is 4.35. The van der Waals surface area contributed by atoms with Crippen LogP contribution in [0.4, 0.5) is 0 Å². The van der Waals surface area contributed by atoms with Crippen LogP contribution in [0.2, 0.25) is 0 Å². The maximum absolute atomic E-state index is 12.6. The number of rotatable bonds is 8. The van der Waals surface area contributed by atoms with Gasteiger partial charge < -0.3 is 14.8 Å². The number of nitrogens with zero attached hydrogens (tertiary/aromatic N) is 1. The Morgan fingerprint density at radius 2 is 1.72 bits per heavy atom. The molecule has 0 atom stereocenters. The van der Waals surface area contributed by atoms with Crippen molar-refractivity contribution in [2.75, 3.05) is 39.5 Å². The first-order valence-corrected chi connectivity index (χ1v) is 11.0. The number of carbonyl (C=O) groups is 1. The molecule has 1 aliphatic rings. The van der Waals surface area contributed by atoms with E-state index in [2.05, 4.69) is 5.32 Å². The van der Waals surface area contributed by atoms with Gasteiger partial charge in [0, 0.05) is 19.6 Å². The number of nitrogens with one attached hydrogen (secondary N) is 1.